The van der Waals surface area contributed by atoms with Crippen LogP contribution in [0.15, 0.2) is 53.7 Å². The van der Waals surface area contributed by atoms with Crippen molar-refractivity contribution in [1.82, 2.24) is 4.98 Å². The van der Waals surface area contributed by atoms with E-state index >= 15 is 0 Å². The third-order valence-electron chi connectivity index (χ3n) is 2.27. The number of aromatic nitrogens is 1. The van der Waals surface area contributed by atoms with Crippen molar-refractivity contribution in [1.29, 1.82) is 0 Å². The van der Waals surface area contributed by atoms with Crippen molar-refractivity contribution in [2.45, 2.75) is 4.90 Å². The molecular weight excluding hydrogens is 314 g/mol. The molecule has 0 aliphatic heterocycles. The average Bonchev–Trinajstić information content (AvgIpc) is 2.48. The number of aromatic carboxylic acids is 2. The first kappa shape index (κ1) is 17.3. The fourth-order valence-electron chi connectivity index (χ4n) is 1.27. The molecule has 1 aromatic heterocycles. The maximum atomic E-state index is 10.4. The zero-order valence-electron chi connectivity index (χ0n) is 10.9. The summed E-state index contributed by atoms with van der Waals surface area (Å²) in [4.78, 5) is 24.1. The monoisotopic (exact) mass is 325 g/mol. The minimum atomic E-state index is -4.00. The van der Waals surface area contributed by atoms with Gasteiger partial charge in [-0.3, -0.25) is 9.54 Å². The third-order valence-corrected chi connectivity index (χ3v) is 3.14. The summed E-state index contributed by atoms with van der Waals surface area (Å²) in [5.74, 6) is -2.38. The number of carbonyl (C=O) groups is 2. The number of hydrogen-bond acceptors (Lipinski definition) is 5. The molecule has 9 heteroatoms. The molecule has 0 saturated heterocycles. The molecule has 0 saturated carbocycles. The van der Waals surface area contributed by atoms with Crippen LogP contribution in [-0.4, -0.2) is 40.1 Å². The summed E-state index contributed by atoms with van der Waals surface area (Å²) in [5.41, 5.74) is -0.259. The lowest BCUT2D eigenvalue weighted by Gasteiger charge is -1.94. The lowest BCUT2D eigenvalue weighted by atomic mass is 10.2. The number of benzene rings is 1. The Morgan fingerprint density at radius 1 is 0.909 bits per heavy atom. The lowest BCUT2D eigenvalue weighted by molar-refractivity contribution is 0.0696. The molecule has 0 aliphatic carbocycles. The second kappa shape index (κ2) is 7.29. The molecule has 0 bridgehead atoms. The Morgan fingerprint density at radius 2 is 1.36 bits per heavy atom. The van der Waals surface area contributed by atoms with Crippen LogP contribution in [0.2, 0.25) is 0 Å². The molecule has 0 spiro atoms. The largest absolute Gasteiger partial charge is 0.478 e. The number of pyridine rings is 1. The van der Waals surface area contributed by atoms with Crippen molar-refractivity contribution >= 4 is 22.1 Å². The molecule has 0 unspecified atom stereocenters. The van der Waals surface area contributed by atoms with Gasteiger partial charge >= 0.3 is 11.9 Å². The standard InChI is InChI=1S/C7H5NO4.C6H6O3S/c9-6(10)4-1-5(7(11)12)3-8-2-4;7-10(8,9)6-4-2-1-3-5-6/h1-3H,(H,9,10)(H,11,12);1-5H,(H,7,8,9). The van der Waals surface area contributed by atoms with Gasteiger partial charge in [-0.25, -0.2) is 9.59 Å². The van der Waals surface area contributed by atoms with Gasteiger partial charge in [0.25, 0.3) is 10.1 Å². The number of carboxylic acids is 2. The fraction of sp³-hybridized carbons (Fsp3) is 0. The first-order chi connectivity index (χ1) is 10.2. The van der Waals surface area contributed by atoms with E-state index in [4.69, 9.17) is 14.8 Å². The van der Waals surface area contributed by atoms with Crippen LogP contribution < -0.4 is 0 Å². The van der Waals surface area contributed by atoms with Gasteiger partial charge in [-0.05, 0) is 18.2 Å². The minimum absolute atomic E-state index is 0.0741. The van der Waals surface area contributed by atoms with Gasteiger partial charge in [-0.15, -0.1) is 0 Å². The Labute approximate surface area is 125 Å². The summed E-state index contributed by atoms with van der Waals surface area (Å²) in [6.07, 6.45) is 2.18. The molecule has 2 aromatic rings. The Balaban J connectivity index is 0.000000224. The van der Waals surface area contributed by atoms with Crippen molar-refractivity contribution in [2.24, 2.45) is 0 Å². The Kier molecular flexibility index (Phi) is 5.72. The molecule has 8 nitrogen and oxygen atoms in total. The molecule has 1 heterocycles. The molecule has 116 valence electrons. The highest BCUT2D eigenvalue weighted by molar-refractivity contribution is 7.85. The van der Waals surface area contributed by atoms with Gasteiger partial charge in [0, 0.05) is 12.4 Å². The summed E-state index contributed by atoms with van der Waals surface area (Å²) in [7, 11) is -4.00. The molecule has 0 atom stereocenters. The smallest absolute Gasteiger partial charge is 0.337 e. The maximum Gasteiger partial charge on any atom is 0.337 e. The SMILES string of the molecule is O=C(O)c1cncc(C(=O)O)c1.O=S(=O)(O)c1ccccc1. The van der Waals surface area contributed by atoms with Gasteiger partial charge in [0.2, 0.25) is 0 Å². The van der Waals surface area contributed by atoms with Crippen LogP contribution in [0.25, 0.3) is 0 Å². The first-order valence-electron chi connectivity index (χ1n) is 5.66. The Morgan fingerprint density at radius 3 is 1.68 bits per heavy atom. The van der Waals surface area contributed by atoms with Gasteiger partial charge in [0.15, 0.2) is 0 Å². The van der Waals surface area contributed by atoms with Crippen LogP contribution in [0.1, 0.15) is 20.7 Å². The van der Waals surface area contributed by atoms with Gasteiger partial charge in [-0.2, -0.15) is 8.42 Å². The molecule has 0 fully saturated rings. The van der Waals surface area contributed by atoms with Crippen LogP contribution in [0.5, 0.6) is 0 Å². The summed E-state index contributed by atoms with van der Waals surface area (Å²) < 4.78 is 29.2. The summed E-state index contributed by atoms with van der Waals surface area (Å²) in [5, 5.41) is 16.9. The summed E-state index contributed by atoms with van der Waals surface area (Å²) in [6.45, 7) is 0. The highest BCUT2D eigenvalue weighted by atomic mass is 32.2. The van der Waals surface area contributed by atoms with Crippen LogP contribution >= 0.6 is 0 Å². The molecular formula is C13H11NO7S. The van der Waals surface area contributed by atoms with E-state index in [0.717, 1.165) is 18.5 Å². The normalized spacial score (nSPS) is 10.2. The lowest BCUT2D eigenvalue weighted by Crippen LogP contribution is -2.02. The highest BCUT2D eigenvalue weighted by Gasteiger charge is 2.08. The van der Waals surface area contributed by atoms with Crippen molar-refractivity contribution in [2.75, 3.05) is 0 Å². The molecule has 3 N–H and O–H groups in total. The van der Waals surface area contributed by atoms with E-state index in [-0.39, 0.29) is 16.0 Å². The van der Waals surface area contributed by atoms with Crippen molar-refractivity contribution in [3.63, 3.8) is 0 Å². The first-order valence-corrected chi connectivity index (χ1v) is 7.10. The molecule has 0 radical (unpaired) electrons. The van der Waals surface area contributed by atoms with E-state index in [2.05, 4.69) is 4.98 Å². The quantitative estimate of drug-likeness (QED) is 0.719. The average molecular weight is 325 g/mol. The van der Waals surface area contributed by atoms with E-state index in [0.29, 0.717) is 0 Å². The second-order valence-electron chi connectivity index (χ2n) is 3.86. The summed E-state index contributed by atoms with van der Waals surface area (Å²) in [6, 6.07) is 8.48. The van der Waals surface area contributed by atoms with Gasteiger partial charge in [0.05, 0.1) is 16.0 Å². The topological polar surface area (TPSA) is 142 Å². The molecule has 1 aromatic carbocycles. The maximum absolute atomic E-state index is 10.4. The fourth-order valence-corrected chi connectivity index (χ4v) is 1.77. The number of carboxylic acid groups (broad SMARTS) is 2. The Bertz CT molecular complexity index is 743. The van der Waals surface area contributed by atoms with Crippen LogP contribution in [0.4, 0.5) is 0 Å². The second-order valence-corrected chi connectivity index (χ2v) is 5.28. The number of hydrogen-bond donors (Lipinski definition) is 3. The van der Waals surface area contributed by atoms with E-state index in [1.54, 1.807) is 18.2 Å². The van der Waals surface area contributed by atoms with Crippen molar-refractivity contribution < 1.29 is 32.8 Å². The Hall–Kier alpha value is -2.78. The predicted octanol–water partition coefficient (Wildman–Crippen LogP) is 1.41. The number of rotatable bonds is 3. The zero-order valence-corrected chi connectivity index (χ0v) is 11.8. The third kappa shape index (κ3) is 5.31. The predicted molar refractivity (Wildman–Crippen MR) is 74.4 cm³/mol. The van der Waals surface area contributed by atoms with Crippen molar-refractivity contribution in [3.8, 4) is 0 Å². The van der Waals surface area contributed by atoms with E-state index < -0.39 is 22.1 Å². The highest BCUT2D eigenvalue weighted by Crippen LogP contribution is 2.05. The van der Waals surface area contributed by atoms with E-state index in [9.17, 15) is 18.0 Å². The van der Waals surface area contributed by atoms with E-state index in [1.165, 1.54) is 12.1 Å². The summed E-state index contributed by atoms with van der Waals surface area (Å²) >= 11 is 0. The van der Waals surface area contributed by atoms with Gasteiger partial charge in [0.1, 0.15) is 0 Å². The van der Waals surface area contributed by atoms with Crippen LogP contribution in [0.3, 0.4) is 0 Å². The van der Waals surface area contributed by atoms with E-state index in [1.807, 2.05) is 0 Å². The zero-order chi connectivity index (χ0) is 16.8. The van der Waals surface area contributed by atoms with Gasteiger partial charge < -0.3 is 10.2 Å². The minimum Gasteiger partial charge on any atom is -0.478 e. The molecule has 0 aliphatic rings. The van der Waals surface area contributed by atoms with Crippen LogP contribution in [0, 0.1) is 0 Å². The molecule has 22 heavy (non-hydrogen) atoms. The van der Waals surface area contributed by atoms with Gasteiger partial charge in [-0.1, -0.05) is 18.2 Å². The van der Waals surface area contributed by atoms with Crippen molar-refractivity contribution in [3.05, 3.63) is 59.9 Å². The number of nitrogens with zero attached hydrogens (tertiary/aromatic N) is 1. The molecule has 0 amide bonds. The van der Waals surface area contributed by atoms with Crippen LogP contribution in [-0.2, 0) is 10.1 Å². The molecule has 2 rings (SSSR count).